The second-order valence-electron chi connectivity index (χ2n) is 10.5. The van der Waals surface area contributed by atoms with Gasteiger partial charge in [0.15, 0.2) is 5.82 Å². The van der Waals surface area contributed by atoms with E-state index in [0.29, 0.717) is 29.3 Å². The second-order valence-corrected chi connectivity index (χ2v) is 10.9. The molecular weight excluding hydrogens is 450 g/mol. The van der Waals surface area contributed by atoms with Gasteiger partial charge in [-0.2, -0.15) is 5.10 Å². The minimum Gasteiger partial charge on any atom is -0.388 e. The molecule has 7 nitrogen and oxygen atoms in total. The van der Waals surface area contributed by atoms with E-state index in [-0.39, 0.29) is 17.9 Å². The van der Waals surface area contributed by atoms with E-state index in [2.05, 4.69) is 35.2 Å². The van der Waals surface area contributed by atoms with Crippen LogP contribution in [0.25, 0.3) is 17.1 Å². The summed E-state index contributed by atoms with van der Waals surface area (Å²) in [4.78, 5) is 21.4. The molecule has 0 spiro atoms. The fourth-order valence-electron chi connectivity index (χ4n) is 5.11. The Labute approximate surface area is 204 Å². The first-order chi connectivity index (χ1) is 16.2. The van der Waals surface area contributed by atoms with Gasteiger partial charge in [0.1, 0.15) is 6.33 Å². The molecule has 0 radical (unpaired) electrons. The maximum Gasteiger partial charge on any atom is 0.252 e. The highest BCUT2D eigenvalue weighted by Crippen LogP contribution is 2.42. The average molecular weight is 480 g/mol. The van der Waals surface area contributed by atoms with Crippen molar-refractivity contribution in [2.24, 2.45) is 5.41 Å². The lowest BCUT2D eigenvalue weighted by Gasteiger charge is -2.41. The van der Waals surface area contributed by atoms with Gasteiger partial charge in [-0.1, -0.05) is 31.5 Å². The number of carbonyl (C=O) groups is 1. The quantitative estimate of drug-likeness (QED) is 0.523. The van der Waals surface area contributed by atoms with Gasteiger partial charge in [-0.25, -0.2) is 14.6 Å². The third-order valence-corrected chi connectivity index (χ3v) is 7.23. The first-order valence-corrected chi connectivity index (χ1v) is 12.3. The third-order valence-electron chi connectivity index (χ3n) is 6.90. The van der Waals surface area contributed by atoms with E-state index >= 15 is 0 Å². The van der Waals surface area contributed by atoms with Crippen molar-refractivity contribution < 1.29 is 9.90 Å². The van der Waals surface area contributed by atoms with E-state index in [1.54, 1.807) is 18.3 Å². The normalized spacial score (nSPS) is 21.9. The number of nitrogens with zero attached hydrogens (tertiary/aromatic N) is 4. The van der Waals surface area contributed by atoms with Crippen molar-refractivity contribution in [2.75, 3.05) is 6.54 Å². The zero-order chi connectivity index (χ0) is 23.9. The molecule has 2 N–H and O–H groups in total. The Morgan fingerprint density at radius 1 is 1.24 bits per heavy atom. The molecule has 0 saturated heterocycles. The largest absolute Gasteiger partial charge is 0.388 e. The second kappa shape index (κ2) is 8.78. The van der Waals surface area contributed by atoms with Crippen LogP contribution in [0.5, 0.6) is 0 Å². The van der Waals surface area contributed by atoms with E-state index in [1.165, 1.54) is 6.33 Å². The van der Waals surface area contributed by atoms with Gasteiger partial charge in [-0.3, -0.25) is 4.79 Å². The van der Waals surface area contributed by atoms with Crippen LogP contribution in [-0.4, -0.2) is 42.9 Å². The molecule has 0 bridgehead atoms. The summed E-state index contributed by atoms with van der Waals surface area (Å²) in [5, 5.41) is 19.1. The molecule has 2 heterocycles. The molecule has 1 aromatic carbocycles. The predicted octanol–water partition coefficient (Wildman–Crippen LogP) is 4.92. The molecular formula is C26H30ClN5O2. The summed E-state index contributed by atoms with van der Waals surface area (Å²) in [5.74, 6) is 0.895. The number of benzene rings is 1. The third kappa shape index (κ3) is 4.86. The molecule has 8 heteroatoms. The highest BCUT2D eigenvalue weighted by molar-refractivity contribution is 6.34. The molecule has 1 atom stereocenters. The number of aliphatic hydroxyl groups is 1. The van der Waals surface area contributed by atoms with Gasteiger partial charge >= 0.3 is 0 Å². The molecule has 34 heavy (non-hydrogen) atoms. The summed E-state index contributed by atoms with van der Waals surface area (Å²) < 4.78 is 1.86. The number of hydrogen-bond donors (Lipinski definition) is 2. The van der Waals surface area contributed by atoms with Crippen molar-refractivity contribution >= 4 is 17.5 Å². The Hall–Kier alpha value is -2.77. The molecule has 2 saturated carbocycles. The number of halogens is 1. The van der Waals surface area contributed by atoms with Crippen LogP contribution >= 0.6 is 11.6 Å². The van der Waals surface area contributed by atoms with E-state index in [9.17, 15) is 9.90 Å². The molecule has 2 aromatic heterocycles. The number of aromatic nitrogens is 4. The Balaban J connectivity index is 1.38. The van der Waals surface area contributed by atoms with Gasteiger partial charge in [0.05, 0.1) is 21.9 Å². The summed E-state index contributed by atoms with van der Waals surface area (Å²) >= 11 is 6.41. The van der Waals surface area contributed by atoms with E-state index < -0.39 is 5.60 Å². The van der Waals surface area contributed by atoms with Crippen molar-refractivity contribution in [3.8, 4) is 17.1 Å². The van der Waals surface area contributed by atoms with Crippen molar-refractivity contribution in [2.45, 2.75) is 63.9 Å². The summed E-state index contributed by atoms with van der Waals surface area (Å²) in [5.41, 5.74) is 2.23. The molecule has 2 aliphatic rings. The molecule has 3 aromatic rings. The maximum absolute atomic E-state index is 13.1. The van der Waals surface area contributed by atoms with Crippen molar-refractivity contribution in [3.63, 3.8) is 0 Å². The Morgan fingerprint density at radius 2 is 2.06 bits per heavy atom. The van der Waals surface area contributed by atoms with E-state index in [1.807, 2.05) is 16.8 Å². The standard InChI is InChI=1S/C26H30ClN5O2/c1-25(2)9-3-10-26(34,14-25)15-29-24(33)19-12-18(6-7-20(19)27)21-13-22(17-4-5-17)32(31-21)23-8-11-28-16-30-23/h6-8,11-13,16-17,34H,3-5,9-10,14-15H2,1-2H3,(H,29,33). The van der Waals surface area contributed by atoms with Crippen molar-refractivity contribution in [1.82, 2.24) is 25.1 Å². The van der Waals surface area contributed by atoms with Crippen LogP contribution in [0.4, 0.5) is 0 Å². The molecule has 178 valence electrons. The maximum atomic E-state index is 13.1. The minimum absolute atomic E-state index is 0.0665. The lowest BCUT2D eigenvalue weighted by molar-refractivity contribution is -0.0361. The van der Waals surface area contributed by atoms with Crippen molar-refractivity contribution in [1.29, 1.82) is 0 Å². The zero-order valence-electron chi connectivity index (χ0n) is 19.6. The number of nitrogens with one attached hydrogen (secondary N) is 1. The van der Waals surface area contributed by atoms with Crippen LogP contribution in [0, 0.1) is 5.41 Å². The first-order valence-electron chi connectivity index (χ1n) is 11.9. The summed E-state index contributed by atoms with van der Waals surface area (Å²) in [7, 11) is 0. The lowest BCUT2D eigenvalue weighted by atomic mass is 9.70. The van der Waals surface area contributed by atoms with Crippen LogP contribution in [-0.2, 0) is 0 Å². The predicted molar refractivity (Wildman–Crippen MR) is 131 cm³/mol. The van der Waals surface area contributed by atoms with Crippen LogP contribution in [0.2, 0.25) is 5.02 Å². The number of hydrogen-bond acceptors (Lipinski definition) is 5. The van der Waals surface area contributed by atoms with Gasteiger partial charge < -0.3 is 10.4 Å². The van der Waals surface area contributed by atoms with Gasteiger partial charge in [-0.05, 0) is 62.1 Å². The van der Waals surface area contributed by atoms with Gasteiger partial charge in [0.25, 0.3) is 5.91 Å². The molecule has 0 aliphatic heterocycles. The molecule has 1 amide bonds. The fourth-order valence-corrected chi connectivity index (χ4v) is 5.32. The minimum atomic E-state index is -0.892. The summed E-state index contributed by atoms with van der Waals surface area (Å²) in [6.07, 6.45) is 8.86. The van der Waals surface area contributed by atoms with Crippen LogP contribution in [0.15, 0.2) is 42.9 Å². The summed E-state index contributed by atoms with van der Waals surface area (Å²) in [6.45, 7) is 4.54. The van der Waals surface area contributed by atoms with Crippen LogP contribution < -0.4 is 5.32 Å². The lowest BCUT2D eigenvalue weighted by Crippen LogP contribution is -2.48. The Bertz CT molecular complexity index is 1210. The van der Waals surface area contributed by atoms with Crippen LogP contribution in [0.1, 0.15) is 74.3 Å². The highest BCUT2D eigenvalue weighted by atomic mass is 35.5. The Kier molecular flexibility index (Phi) is 5.94. The molecule has 1 unspecified atom stereocenters. The van der Waals surface area contributed by atoms with Gasteiger partial charge in [0.2, 0.25) is 0 Å². The smallest absolute Gasteiger partial charge is 0.252 e. The summed E-state index contributed by atoms with van der Waals surface area (Å²) in [6, 6.07) is 9.28. The highest BCUT2D eigenvalue weighted by Gasteiger charge is 2.38. The monoisotopic (exact) mass is 479 g/mol. The topological polar surface area (TPSA) is 92.9 Å². The Morgan fingerprint density at radius 3 is 2.76 bits per heavy atom. The molecule has 2 fully saturated rings. The number of rotatable bonds is 6. The van der Waals surface area contributed by atoms with E-state index in [0.717, 1.165) is 48.5 Å². The van der Waals surface area contributed by atoms with Gasteiger partial charge in [0, 0.05) is 36.0 Å². The SMILES string of the molecule is CC1(C)CCCC(O)(CNC(=O)c2cc(-c3cc(C4CC4)n(-c4ccncn4)n3)ccc2Cl)C1. The van der Waals surface area contributed by atoms with Crippen molar-refractivity contribution in [3.05, 3.63) is 59.1 Å². The average Bonchev–Trinajstić information content (AvgIpc) is 3.56. The molecule has 5 rings (SSSR count). The van der Waals surface area contributed by atoms with E-state index in [4.69, 9.17) is 16.7 Å². The van der Waals surface area contributed by atoms with Crippen LogP contribution in [0.3, 0.4) is 0 Å². The number of carbonyl (C=O) groups excluding carboxylic acids is 1. The van der Waals surface area contributed by atoms with Gasteiger partial charge in [-0.15, -0.1) is 0 Å². The molecule has 2 aliphatic carbocycles. The first kappa shape index (κ1) is 23.0. The zero-order valence-corrected chi connectivity index (χ0v) is 20.3. The number of amides is 1. The fraction of sp³-hybridized carbons (Fsp3) is 0.462.